The number of rotatable bonds is 1. The maximum absolute atomic E-state index is 11.7. The van der Waals surface area contributed by atoms with Gasteiger partial charge in [0.05, 0.1) is 10.0 Å². The summed E-state index contributed by atoms with van der Waals surface area (Å²) in [6, 6.07) is 8.69. The van der Waals surface area contributed by atoms with Crippen molar-refractivity contribution in [2.24, 2.45) is 0 Å². The van der Waals surface area contributed by atoms with E-state index in [9.17, 15) is 4.79 Å². The van der Waals surface area contributed by atoms with Gasteiger partial charge in [-0.2, -0.15) is 5.26 Å². The average Bonchev–Trinajstić information content (AvgIpc) is 2.32. The zero-order chi connectivity index (χ0) is 13.3. The molecule has 0 saturated carbocycles. The number of aryl methyl sites for hydroxylation is 1. The fourth-order valence-electron chi connectivity index (χ4n) is 1.65. The Morgan fingerprint density at radius 1 is 1.22 bits per heavy atom. The predicted molar refractivity (Wildman–Crippen MR) is 72.0 cm³/mol. The highest BCUT2D eigenvalue weighted by Crippen LogP contribution is 2.27. The van der Waals surface area contributed by atoms with E-state index in [-0.39, 0.29) is 5.56 Å². The Labute approximate surface area is 114 Å². The van der Waals surface area contributed by atoms with Crippen molar-refractivity contribution >= 4 is 23.2 Å². The van der Waals surface area contributed by atoms with Crippen LogP contribution in [0.4, 0.5) is 0 Å². The quantitative estimate of drug-likeness (QED) is 0.868. The summed E-state index contributed by atoms with van der Waals surface area (Å²) in [7, 11) is 0. The summed E-state index contributed by atoms with van der Waals surface area (Å²) in [6.07, 6.45) is 0. The Kier molecular flexibility index (Phi) is 3.42. The SMILES string of the molecule is Cc1cc(-c2ccc(Cl)c(Cl)c2)[nH]c(=O)c1C#N. The van der Waals surface area contributed by atoms with E-state index >= 15 is 0 Å². The van der Waals surface area contributed by atoms with Gasteiger partial charge in [-0.25, -0.2) is 0 Å². The lowest BCUT2D eigenvalue weighted by Gasteiger charge is -2.05. The van der Waals surface area contributed by atoms with Crippen molar-refractivity contribution in [3.05, 3.63) is 55.8 Å². The van der Waals surface area contributed by atoms with E-state index < -0.39 is 5.56 Å². The van der Waals surface area contributed by atoms with Crippen molar-refractivity contribution in [3.63, 3.8) is 0 Å². The van der Waals surface area contributed by atoms with Gasteiger partial charge in [-0.05, 0) is 36.2 Å². The Hall–Kier alpha value is -1.76. The molecule has 0 radical (unpaired) electrons. The number of hydrogen-bond acceptors (Lipinski definition) is 2. The highest BCUT2D eigenvalue weighted by Gasteiger charge is 2.08. The van der Waals surface area contributed by atoms with E-state index in [1.165, 1.54) is 0 Å². The minimum Gasteiger partial charge on any atom is -0.321 e. The highest BCUT2D eigenvalue weighted by atomic mass is 35.5. The zero-order valence-electron chi connectivity index (χ0n) is 9.42. The zero-order valence-corrected chi connectivity index (χ0v) is 10.9. The second kappa shape index (κ2) is 4.85. The van der Waals surface area contributed by atoms with Gasteiger partial charge in [-0.15, -0.1) is 0 Å². The lowest BCUT2D eigenvalue weighted by atomic mass is 10.1. The second-order valence-electron chi connectivity index (χ2n) is 3.81. The Balaban J connectivity index is 2.63. The molecule has 1 aromatic carbocycles. The van der Waals surface area contributed by atoms with E-state index in [1.54, 1.807) is 31.2 Å². The molecule has 3 nitrogen and oxygen atoms in total. The molecule has 2 aromatic rings. The molecule has 0 bridgehead atoms. The lowest BCUT2D eigenvalue weighted by molar-refractivity contribution is 1.18. The summed E-state index contributed by atoms with van der Waals surface area (Å²) in [5, 5.41) is 9.70. The third kappa shape index (κ3) is 2.26. The highest BCUT2D eigenvalue weighted by molar-refractivity contribution is 6.42. The van der Waals surface area contributed by atoms with E-state index in [0.29, 0.717) is 21.3 Å². The summed E-state index contributed by atoms with van der Waals surface area (Å²) in [5.74, 6) is 0. The lowest BCUT2D eigenvalue weighted by Crippen LogP contribution is -2.12. The van der Waals surface area contributed by atoms with E-state index in [1.807, 2.05) is 6.07 Å². The van der Waals surface area contributed by atoms with Crippen LogP contribution in [0.2, 0.25) is 10.0 Å². The van der Waals surface area contributed by atoms with Crippen molar-refractivity contribution in [2.75, 3.05) is 0 Å². The summed E-state index contributed by atoms with van der Waals surface area (Å²) in [5.41, 5.74) is 1.70. The second-order valence-corrected chi connectivity index (χ2v) is 4.63. The molecule has 18 heavy (non-hydrogen) atoms. The number of nitrogens with one attached hydrogen (secondary N) is 1. The fraction of sp³-hybridized carbons (Fsp3) is 0.0769. The van der Waals surface area contributed by atoms with Crippen LogP contribution in [0, 0.1) is 18.3 Å². The largest absolute Gasteiger partial charge is 0.321 e. The van der Waals surface area contributed by atoms with E-state index in [4.69, 9.17) is 28.5 Å². The number of hydrogen-bond donors (Lipinski definition) is 1. The number of H-pyrrole nitrogens is 1. The monoisotopic (exact) mass is 278 g/mol. The molecule has 0 aliphatic heterocycles. The van der Waals surface area contributed by atoms with E-state index in [2.05, 4.69) is 4.98 Å². The number of aromatic nitrogens is 1. The molecule has 0 saturated heterocycles. The fourth-order valence-corrected chi connectivity index (χ4v) is 1.94. The van der Waals surface area contributed by atoms with Crippen LogP contribution in [0.15, 0.2) is 29.1 Å². The van der Waals surface area contributed by atoms with Crippen molar-refractivity contribution in [1.82, 2.24) is 4.98 Å². The van der Waals surface area contributed by atoms with Crippen molar-refractivity contribution < 1.29 is 0 Å². The first-order valence-corrected chi connectivity index (χ1v) is 5.88. The molecule has 2 rings (SSSR count). The van der Waals surface area contributed by atoms with Gasteiger partial charge in [0, 0.05) is 5.69 Å². The van der Waals surface area contributed by atoms with Gasteiger partial charge in [0.1, 0.15) is 11.6 Å². The summed E-state index contributed by atoms with van der Waals surface area (Å²) < 4.78 is 0. The molecule has 1 aromatic heterocycles. The minimum absolute atomic E-state index is 0.124. The Bertz CT molecular complexity index is 714. The topological polar surface area (TPSA) is 56.6 Å². The predicted octanol–water partition coefficient (Wildman–Crippen LogP) is 3.53. The molecule has 0 atom stereocenters. The van der Waals surface area contributed by atoms with Gasteiger partial charge < -0.3 is 4.98 Å². The molecular formula is C13H8Cl2N2O. The van der Waals surface area contributed by atoms with Crippen molar-refractivity contribution in [1.29, 1.82) is 5.26 Å². The van der Waals surface area contributed by atoms with Crippen LogP contribution in [0.1, 0.15) is 11.1 Å². The maximum Gasteiger partial charge on any atom is 0.266 e. The van der Waals surface area contributed by atoms with Gasteiger partial charge in [0.25, 0.3) is 5.56 Å². The van der Waals surface area contributed by atoms with Crippen LogP contribution in [0.3, 0.4) is 0 Å². The van der Waals surface area contributed by atoms with E-state index in [0.717, 1.165) is 5.56 Å². The molecule has 1 heterocycles. The number of aromatic amines is 1. The smallest absolute Gasteiger partial charge is 0.266 e. The van der Waals surface area contributed by atoms with Crippen LogP contribution in [-0.4, -0.2) is 4.98 Å². The minimum atomic E-state index is -0.404. The molecule has 0 aliphatic carbocycles. The van der Waals surface area contributed by atoms with Crippen molar-refractivity contribution in [3.8, 4) is 17.3 Å². The third-order valence-electron chi connectivity index (χ3n) is 2.57. The molecule has 5 heteroatoms. The van der Waals surface area contributed by atoms with Gasteiger partial charge in [0.2, 0.25) is 0 Å². The summed E-state index contributed by atoms with van der Waals surface area (Å²) in [4.78, 5) is 14.3. The molecule has 0 aliphatic rings. The number of nitrogens with zero attached hydrogens (tertiary/aromatic N) is 1. The van der Waals surface area contributed by atoms with Gasteiger partial charge in [0.15, 0.2) is 0 Å². The van der Waals surface area contributed by atoms with Gasteiger partial charge in [-0.1, -0.05) is 29.3 Å². The molecule has 1 N–H and O–H groups in total. The molecule has 0 spiro atoms. The molecular weight excluding hydrogens is 271 g/mol. The van der Waals surface area contributed by atoms with Crippen molar-refractivity contribution in [2.45, 2.75) is 6.92 Å². The summed E-state index contributed by atoms with van der Waals surface area (Å²) >= 11 is 11.8. The number of pyridine rings is 1. The van der Waals surface area contributed by atoms with Crippen LogP contribution in [-0.2, 0) is 0 Å². The van der Waals surface area contributed by atoms with Crippen LogP contribution < -0.4 is 5.56 Å². The first kappa shape index (κ1) is 12.7. The van der Waals surface area contributed by atoms with Gasteiger partial charge in [-0.3, -0.25) is 4.79 Å². The standard InChI is InChI=1S/C13H8Cl2N2O/c1-7-4-12(17-13(18)9(7)6-16)8-2-3-10(14)11(15)5-8/h2-5H,1H3,(H,17,18). The normalized spacial score (nSPS) is 10.1. The van der Waals surface area contributed by atoms with Crippen LogP contribution >= 0.6 is 23.2 Å². The first-order valence-electron chi connectivity index (χ1n) is 5.12. The number of halogens is 2. The average molecular weight is 279 g/mol. The Morgan fingerprint density at radius 3 is 2.50 bits per heavy atom. The van der Waals surface area contributed by atoms with Gasteiger partial charge >= 0.3 is 0 Å². The molecule has 0 fully saturated rings. The molecule has 0 amide bonds. The first-order chi connectivity index (χ1) is 8.52. The van der Waals surface area contributed by atoms with Crippen LogP contribution in [0.5, 0.6) is 0 Å². The number of nitriles is 1. The third-order valence-corrected chi connectivity index (χ3v) is 3.31. The number of benzene rings is 1. The Morgan fingerprint density at radius 2 is 1.94 bits per heavy atom. The molecule has 90 valence electrons. The maximum atomic E-state index is 11.7. The summed E-state index contributed by atoms with van der Waals surface area (Å²) in [6.45, 7) is 1.72. The van der Waals surface area contributed by atoms with Crippen LogP contribution in [0.25, 0.3) is 11.3 Å². The molecule has 0 unspecified atom stereocenters.